The van der Waals surface area contributed by atoms with Crippen LogP contribution in [0.2, 0.25) is 0 Å². The zero-order valence-electron chi connectivity index (χ0n) is 20.3. The number of nitrogens with zero attached hydrogens (tertiary/aromatic N) is 5. The lowest BCUT2D eigenvalue weighted by molar-refractivity contribution is 0.103. The summed E-state index contributed by atoms with van der Waals surface area (Å²) in [6, 6.07) is 23.4. The number of ketones is 1. The number of aryl methyl sites for hydroxylation is 1. The molecule has 0 bridgehead atoms. The number of carbonyl (C=O) groups is 1. The first-order chi connectivity index (χ1) is 18.0. The van der Waals surface area contributed by atoms with Gasteiger partial charge in [0, 0.05) is 46.7 Å². The van der Waals surface area contributed by atoms with Crippen LogP contribution in [0.4, 0.5) is 4.39 Å². The van der Waals surface area contributed by atoms with E-state index in [1.165, 1.54) is 6.07 Å². The van der Waals surface area contributed by atoms with Crippen LogP contribution in [0, 0.1) is 31.0 Å². The maximum absolute atomic E-state index is 14.5. The molecule has 0 saturated carbocycles. The monoisotopic (exact) mass is 487 g/mol. The summed E-state index contributed by atoms with van der Waals surface area (Å²) in [6.07, 6.45) is 6.69. The van der Waals surface area contributed by atoms with E-state index in [1.54, 1.807) is 78.1 Å². The number of halogens is 1. The van der Waals surface area contributed by atoms with Gasteiger partial charge in [-0.15, -0.1) is 0 Å². The zero-order valence-corrected chi connectivity index (χ0v) is 20.3. The number of nitriles is 1. The zero-order chi connectivity index (χ0) is 25.9. The number of carbonyl (C=O) groups excluding carboxylic acids is 1. The van der Waals surface area contributed by atoms with Gasteiger partial charge in [-0.05, 0) is 62.4 Å². The van der Waals surface area contributed by atoms with E-state index < -0.39 is 11.6 Å². The van der Waals surface area contributed by atoms with E-state index in [0.29, 0.717) is 33.9 Å². The van der Waals surface area contributed by atoms with Crippen LogP contribution in [0.1, 0.15) is 27.3 Å². The molecule has 0 aliphatic heterocycles. The van der Waals surface area contributed by atoms with E-state index in [1.807, 2.05) is 36.4 Å². The Morgan fingerprint density at radius 1 is 1.03 bits per heavy atom. The fraction of sp³-hybridized carbons (Fsp3) is 0.0667. The van der Waals surface area contributed by atoms with Crippen LogP contribution in [0.3, 0.4) is 0 Å². The molecule has 37 heavy (non-hydrogen) atoms. The normalized spacial score (nSPS) is 11.4. The number of pyridine rings is 1. The van der Waals surface area contributed by atoms with Crippen molar-refractivity contribution in [2.75, 3.05) is 0 Å². The molecule has 0 radical (unpaired) electrons. The third-order valence-electron chi connectivity index (χ3n) is 6.13. The van der Waals surface area contributed by atoms with Crippen LogP contribution < -0.4 is 0 Å². The summed E-state index contributed by atoms with van der Waals surface area (Å²) in [5.74, 6) is -0.837. The molecule has 0 amide bonds. The quantitative estimate of drug-likeness (QED) is 0.161. The summed E-state index contributed by atoms with van der Waals surface area (Å²) < 4.78 is 17.9. The number of rotatable bonds is 6. The fourth-order valence-electron chi connectivity index (χ4n) is 4.38. The Morgan fingerprint density at radius 3 is 2.49 bits per heavy atom. The van der Waals surface area contributed by atoms with Crippen molar-refractivity contribution in [3.63, 3.8) is 0 Å². The Balaban J connectivity index is 1.60. The lowest BCUT2D eigenvalue weighted by Crippen LogP contribution is -2.06. The van der Waals surface area contributed by atoms with Gasteiger partial charge in [0.15, 0.2) is 0 Å². The average Bonchev–Trinajstić information content (AvgIpc) is 3.48. The second-order valence-electron chi connectivity index (χ2n) is 8.53. The largest absolute Gasteiger partial charge is 0.315 e. The SMILES string of the molecule is Cc1cc(C(=O)/C(C#N)=C\c2cn(-c3ccccc3)nc2-c2cccnc2)c(C)n1-c1ccccc1F. The van der Waals surface area contributed by atoms with Crippen LogP contribution in [-0.2, 0) is 0 Å². The summed E-state index contributed by atoms with van der Waals surface area (Å²) in [5.41, 5.74) is 4.67. The number of aromatic nitrogens is 4. The van der Waals surface area contributed by atoms with Crippen molar-refractivity contribution < 1.29 is 9.18 Å². The molecule has 3 heterocycles. The van der Waals surface area contributed by atoms with Gasteiger partial charge < -0.3 is 4.57 Å². The first kappa shape index (κ1) is 23.6. The molecule has 180 valence electrons. The van der Waals surface area contributed by atoms with Gasteiger partial charge in [-0.3, -0.25) is 9.78 Å². The van der Waals surface area contributed by atoms with Crippen LogP contribution in [0.25, 0.3) is 28.7 Å². The predicted octanol–water partition coefficient (Wildman–Crippen LogP) is 6.27. The van der Waals surface area contributed by atoms with Gasteiger partial charge in [0.2, 0.25) is 5.78 Å². The Morgan fingerprint density at radius 2 is 1.78 bits per heavy atom. The minimum atomic E-state index is -0.442. The average molecular weight is 488 g/mol. The molecule has 3 aromatic heterocycles. The first-order valence-electron chi connectivity index (χ1n) is 11.6. The number of hydrogen-bond donors (Lipinski definition) is 0. The smallest absolute Gasteiger partial charge is 0.205 e. The molecule has 0 atom stereocenters. The molecule has 5 aromatic rings. The molecule has 2 aromatic carbocycles. The minimum Gasteiger partial charge on any atom is -0.315 e. The first-order valence-corrected chi connectivity index (χ1v) is 11.6. The molecule has 0 aliphatic carbocycles. The Kier molecular flexibility index (Phi) is 6.31. The Bertz CT molecular complexity index is 1670. The highest BCUT2D eigenvalue weighted by Gasteiger charge is 2.22. The van der Waals surface area contributed by atoms with Gasteiger partial charge in [0.1, 0.15) is 23.2 Å². The lowest BCUT2D eigenvalue weighted by Gasteiger charge is -2.10. The third-order valence-corrected chi connectivity index (χ3v) is 6.13. The molecule has 6 nitrogen and oxygen atoms in total. The molecule has 0 unspecified atom stereocenters. The highest BCUT2D eigenvalue weighted by Crippen LogP contribution is 2.28. The molecule has 5 rings (SSSR count). The molecule has 0 fully saturated rings. The molecule has 7 heteroatoms. The van der Waals surface area contributed by atoms with Crippen molar-refractivity contribution >= 4 is 11.9 Å². The van der Waals surface area contributed by atoms with Crippen molar-refractivity contribution in [1.29, 1.82) is 5.26 Å². The van der Waals surface area contributed by atoms with Crippen LogP contribution >= 0.6 is 0 Å². The van der Waals surface area contributed by atoms with Crippen molar-refractivity contribution in [1.82, 2.24) is 19.3 Å². The highest BCUT2D eigenvalue weighted by molar-refractivity contribution is 6.15. The number of hydrogen-bond acceptors (Lipinski definition) is 4. The maximum Gasteiger partial charge on any atom is 0.205 e. The van der Waals surface area contributed by atoms with Gasteiger partial charge in [0.05, 0.1) is 11.4 Å². The molecular formula is C30H22FN5O. The molecule has 0 aliphatic rings. The van der Waals surface area contributed by atoms with Crippen molar-refractivity contribution in [2.24, 2.45) is 0 Å². The van der Waals surface area contributed by atoms with Gasteiger partial charge in [0.25, 0.3) is 0 Å². The summed E-state index contributed by atoms with van der Waals surface area (Å²) in [6.45, 7) is 3.55. The van der Waals surface area contributed by atoms with Gasteiger partial charge >= 0.3 is 0 Å². The molecule has 0 saturated heterocycles. The van der Waals surface area contributed by atoms with Crippen LogP contribution in [0.5, 0.6) is 0 Å². The van der Waals surface area contributed by atoms with Crippen molar-refractivity contribution in [3.8, 4) is 28.7 Å². The van der Waals surface area contributed by atoms with Crippen LogP contribution in [-0.4, -0.2) is 25.1 Å². The molecular weight excluding hydrogens is 465 g/mol. The topological polar surface area (TPSA) is 76.5 Å². The summed E-state index contributed by atoms with van der Waals surface area (Å²) in [5, 5.41) is 14.7. The van der Waals surface area contributed by atoms with Crippen molar-refractivity contribution in [3.05, 3.63) is 125 Å². The van der Waals surface area contributed by atoms with E-state index in [0.717, 1.165) is 11.3 Å². The van der Waals surface area contributed by atoms with E-state index in [2.05, 4.69) is 11.1 Å². The maximum atomic E-state index is 14.5. The summed E-state index contributed by atoms with van der Waals surface area (Å²) in [4.78, 5) is 17.8. The van der Waals surface area contributed by atoms with E-state index in [-0.39, 0.29) is 5.57 Å². The molecule has 0 spiro atoms. The number of benzene rings is 2. The molecule has 0 N–H and O–H groups in total. The number of para-hydroxylation sites is 2. The minimum absolute atomic E-state index is 0.0495. The second kappa shape index (κ2) is 9.88. The lowest BCUT2D eigenvalue weighted by atomic mass is 10.0. The highest BCUT2D eigenvalue weighted by atomic mass is 19.1. The van der Waals surface area contributed by atoms with E-state index >= 15 is 0 Å². The van der Waals surface area contributed by atoms with Crippen molar-refractivity contribution in [2.45, 2.75) is 13.8 Å². The fourth-order valence-corrected chi connectivity index (χ4v) is 4.38. The van der Waals surface area contributed by atoms with E-state index in [9.17, 15) is 14.4 Å². The van der Waals surface area contributed by atoms with Crippen LogP contribution in [0.15, 0.2) is 97.0 Å². The number of allylic oxidation sites excluding steroid dienone is 1. The predicted molar refractivity (Wildman–Crippen MR) is 140 cm³/mol. The standard InChI is InChI=1S/C30H22FN5O/c1-20-15-26(21(2)36(20)28-13-7-6-12-27(28)31)30(37)23(17-32)16-24-19-35(25-10-4-3-5-11-25)34-29(24)22-9-8-14-33-18-22/h3-16,18-19H,1-2H3/b23-16-. The Hall–Kier alpha value is -5.09. The van der Waals surface area contributed by atoms with Gasteiger partial charge in [-0.2, -0.15) is 10.4 Å². The Labute approximate surface area is 213 Å². The second-order valence-corrected chi connectivity index (χ2v) is 8.53. The summed E-state index contributed by atoms with van der Waals surface area (Å²) in [7, 11) is 0. The third kappa shape index (κ3) is 4.48. The van der Waals surface area contributed by atoms with Gasteiger partial charge in [-0.25, -0.2) is 9.07 Å². The van der Waals surface area contributed by atoms with E-state index in [4.69, 9.17) is 5.10 Å². The summed E-state index contributed by atoms with van der Waals surface area (Å²) >= 11 is 0. The van der Waals surface area contributed by atoms with Gasteiger partial charge in [-0.1, -0.05) is 30.3 Å². The number of Topliss-reactive ketones (excluding diaryl/α,β-unsaturated/α-hetero) is 1.